The summed E-state index contributed by atoms with van der Waals surface area (Å²) in [6.07, 6.45) is 6.15. The van der Waals surface area contributed by atoms with Crippen molar-refractivity contribution in [2.75, 3.05) is 30.4 Å². The molecule has 0 spiro atoms. The minimum Gasteiger partial charge on any atom is -0.385 e. The van der Waals surface area contributed by atoms with Crippen LogP contribution in [0.2, 0.25) is 0 Å². The van der Waals surface area contributed by atoms with Crippen LogP contribution in [0.25, 0.3) is 11.5 Å². The maximum Gasteiger partial charge on any atom is 0.213 e. The first-order chi connectivity index (χ1) is 14.0. The zero-order chi connectivity index (χ0) is 20.8. The van der Waals surface area contributed by atoms with Gasteiger partial charge in [0.2, 0.25) is 5.95 Å². The van der Waals surface area contributed by atoms with E-state index in [-0.39, 0.29) is 5.78 Å². The maximum atomic E-state index is 13.5. The van der Waals surface area contributed by atoms with Crippen LogP contribution in [0.1, 0.15) is 30.8 Å². The summed E-state index contributed by atoms with van der Waals surface area (Å²) in [6.45, 7) is 5.76. The van der Waals surface area contributed by atoms with E-state index in [4.69, 9.17) is 0 Å². The van der Waals surface area contributed by atoms with E-state index in [0.717, 1.165) is 24.3 Å². The number of nitrogens with zero attached hydrogens (tertiary/aromatic N) is 5. The fraction of sp³-hybridized carbons (Fsp3) is 0.333. The summed E-state index contributed by atoms with van der Waals surface area (Å²) in [6, 6.07) is 6.60. The molecule has 3 aromatic rings. The summed E-state index contributed by atoms with van der Waals surface area (Å²) >= 11 is 0. The van der Waals surface area contributed by atoms with Crippen LogP contribution in [0.4, 0.5) is 15.8 Å². The summed E-state index contributed by atoms with van der Waals surface area (Å²) in [5.41, 5.74) is 2.58. The average Bonchev–Trinajstić information content (AvgIpc) is 3.19. The molecule has 0 aliphatic carbocycles. The highest BCUT2D eigenvalue weighted by molar-refractivity contribution is 6.00. The number of pyridine rings is 2. The summed E-state index contributed by atoms with van der Waals surface area (Å²) in [5, 5.41) is 3.13. The molecule has 7 nitrogen and oxygen atoms in total. The summed E-state index contributed by atoms with van der Waals surface area (Å²) < 4.78 is 15.5. The Morgan fingerprint density at radius 1 is 1.21 bits per heavy atom. The summed E-state index contributed by atoms with van der Waals surface area (Å²) in [7, 11) is 1.79. The maximum absolute atomic E-state index is 13.5. The largest absolute Gasteiger partial charge is 0.385 e. The number of ketones is 1. The number of Topliss-reactive ketones (excluding diaryl/α,β-unsaturated/α-hetero) is 1. The van der Waals surface area contributed by atoms with Crippen molar-refractivity contribution < 1.29 is 9.18 Å². The lowest BCUT2D eigenvalue weighted by atomic mass is 10.1. The Kier molecular flexibility index (Phi) is 6.54. The number of nitrogens with one attached hydrogen (secondary N) is 1. The third kappa shape index (κ3) is 4.59. The molecule has 0 bridgehead atoms. The van der Waals surface area contributed by atoms with E-state index in [1.165, 1.54) is 13.0 Å². The van der Waals surface area contributed by atoms with Crippen molar-refractivity contribution in [1.29, 1.82) is 0 Å². The van der Waals surface area contributed by atoms with Crippen molar-refractivity contribution in [2.24, 2.45) is 0 Å². The topological polar surface area (TPSA) is 75.9 Å². The summed E-state index contributed by atoms with van der Waals surface area (Å²) in [5.74, 6) is 0.00698. The number of rotatable bonds is 9. The van der Waals surface area contributed by atoms with E-state index < -0.39 is 5.95 Å². The predicted molar refractivity (Wildman–Crippen MR) is 112 cm³/mol. The zero-order valence-electron chi connectivity index (χ0n) is 16.9. The molecule has 0 unspecified atom stereocenters. The van der Waals surface area contributed by atoms with Gasteiger partial charge in [-0.15, -0.1) is 0 Å². The van der Waals surface area contributed by atoms with Gasteiger partial charge in [0.25, 0.3) is 0 Å². The molecule has 0 saturated carbocycles. The van der Waals surface area contributed by atoms with E-state index in [1.54, 1.807) is 31.6 Å². The molecule has 0 aliphatic rings. The van der Waals surface area contributed by atoms with Crippen LogP contribution >= 0.6 is 0 Å². The molecule has 3 aromatic heterocycles. The Hall–Kier alpha value is -3.29. The molecule has 152 valence electrons. The van der Waals surface area contributed by atoms with Crippen molar-refractivity contribution in [3.8, 4) is 11.5 Å². The lowest BCUT2D eigenvalue weighted by molar-refractivity contribution is 0.101. The van der Waals surface area contributed by atoms with E-state index in [1.807, 2.05) is 16.8 Å². The second-order valence-corrected chi connectivity index (χ2v) is 6.64. The summed E-state index contributed by atoms with van der Waals surface area (Å²) in [4.78, 5) is 26.7. The van der Waals surface area contributed by atoms with Crippen LogP contribution in [0.3, 0.4) is 0 Å². The molecular weight excluding hydrogens is 371 g/mol. The predicted octanol–water partition coefficient (Wildman–Crippen LogP) is 3.64. The van der Waals surface area contributed by atoms with E-state index in [9.17, 15) is 9.18 Å². The van der Waals surface area contributed by atoms with Gasteiger partial charge in [-0.25, -0.2) is 9.97 Å². The van der Waals surface area contributed by atoms with Gasteiger partial charge in [0, 0.05) is 52.2 Å². The highest BCUT2D eigenvalue weighted by atomic mass is 19.1. The Labute approximate surface area is 169 Å². The third-order valence-corrected chi connectivity index (χ3v) is 4.62. The van der Waals surface area contributed by atoms with Crippen LogP contribution in [-0.2, 0) is 6.54 Å². The minimum atomic E-state index is -0.531. The lowest BCUT2D eigenvalue weighted by Crippen LogP contribution is -2.29. The normalized spacial score (nSPS) is 10.8. The smallest absolute Gasteiger partial charge is 0.213 e. The van der Waals surface area contributed by atoms with Crippen LogP contribution in [0.5, 0.6) is 0 Å². The van der Waals surface area contributed by atoms with Gasteiger partial charge in [-0.05, 0) is 24.6 Å². The van der Waals surface area contributed by atoms with Crippen LogP contribution in [0, 0.1) is 5.95 Å². The van der Waals surface area contributed by atoms with E-state index >= 15 is 0 Å². The first-order valence-corrected chi connectivity index (χ1v) is 9.61. The number of halogens is 1. The SMILES string of the molecule is CCCN(CCn1ccnc1-c1cccc(F)n1)c1ccnc(C(C)=O)c1NC. The van der Waals surface area contributed by atoms with Crippen molar-refractivity contribution in [2.45, 2.75) is 26.8 Å². The van der Waals surface area contributed by atoms with Crippen LogP contribution < -0.4 is 10.2 Å². The van der Waals surface area contributed by atoms with Crippen molar-refractivity contribution in [3.05, 3.63) is 54.5 Å². The monoisotopic (exact) mass is 396 g/mol. The van der Waals surface area contributed by atoms with Gasteiger partial charge < -0.3 is 14.8 Å². The van der Waals surface area contributed by atoms with Gasteiger partial charge in [-0.3, -0.25) is 9.78 Å². The molecule has 0 fully saturated rings. The van der Waals surface area contributed by atoms with Gasteiger partial charge >= 0.3 is 0 Å². The molecule has 0 radical (unpaired) electrons. The number of hydrogen-bond acceptors (Lipinski definition) is 6. The number of imidazole rings is 1. The fourth-order valence-corrected chi connectivity index (χ4v) is 3.34. The average molecular weight is 396 g/mol. The van der Waals surface area contributed by atoms with E-state index in [0.29, 0.717) is 30.3 Å². The highest BCUT2D eigenvalue weighted by Crippen LogP contribution is 2.28. The molecule has 8 heteroatoms. The van der Waals surface area contributed by atoms with Gasteiger partial charge in [0.05, 0.1) is 11.4 Å². The molecule has 29 heavy (non-hydrogen) atoms. The number of carbonyl (C=O) groups is 1. The minimum absolute atomic E-state index is 0.0817. The number of carbonyl (C=O) groups excluding carboxylic acids is 1. The zero-order valence-corrected chi connectivity index (χ0v) is 16.9. The fourth-order valence-electron chi connectivity index (χ4n) is 3.34. The van der Waals surface area contributed by atoms with Gasteiger partial charge in [-0.2, -0.15) is 4.39 Å². The Balaban J connectivity index is 1.86. The molecule has 3 rings (SSSR count). The van der Waals surface area contributed by atoms with Gasteiger partial charge in [0.1, 0.15) is 11.4 Å². The first kappa shape index (κ1) is 20.4. The number of hydrogen-bond donors (Lipinski definition) is 1. The standard InChI is InChI=1S/C21H25FN6O/c1-4-11-27(17-8-9-24-19(15(2)29)20(17)23-3)13-14-28-12-10-25-21(28)16-6-5-7-18(22)26-16/h5-10,12,23H,4,11,13-14H2,1-3H3. The molecule has 0 amide bonds. The molecule has 3 heterocycles. The lowest BCUT2D eigenvalue weighted by Gasteiger charge is -2.27. The number of anilines is 2. The Morgan fingerprint density at radius 3 is 2.72 bits per heavy atom. The highest BCUT2D eigenvalue weighted by Gasteiger charge is 2.17. The Bertz CT molecular complexity index is 987. The van der Waals surface area contributed by atoms with Crippen molar-refractivity contribution in [1.82, 2.24) is 19.5 Å². The third-order valence-electron chi connectivity index (χ3n) is 4.62. The second-order valence-electron chi connectivity index (χ2n) is 6.64. The number of aromatic nitrogens is 4. The first-order valence-electron chi connectivity index (χ1n) is 9.61. The van der Waals surface area contributed by atoms with Gasteiger partial charge in [-0.1, -0.05) is 13.0 Å². The van der Waals surface area contributed by atoms with Crippen molar-refractivity contribution >= 4 is 17.2 Å². The molecular formula is C21H25FN6O. The molecule has 0 aliphatic heterocycles. The Morgan fingerprint density at radius 2 is 2.03 bits per heavy atom. The molecule has 0 aromatic carbocycles. The molecule has 0 atom stereocenters. The molecule has 0 saturated heterocycles. The molecule has 1 N–H and O–H groups in total. The second kappa shape index (κ2) is 9.27. The van der Waals surface area contributed by atoms with Gasteiger partial charge in [0.15, 0.2) is 11.6 Å². The quantitative estimate of drug-likeness (QED) is 0.440. The van der Waals surface area contributed by atoms with Crippen molar-refractivity contribution in [3.63, 3.8) is 0 Å². The van der Waals surface area contributed by atoms with Crippen LogP contribution in [-0.4, -0.2) is 45.4 Å². The van der Waals surface area contributed by atoms with Crippen LogP contribution in [0.15, 0.2) is 42.9 Å². The van der Waals surface area contributed by atoms with E-state index in [2.05, 4.69) is 32.1 Å².